The van der Waals surface area contributed by atoms with E-state index in [1.807, 2.05) is 6.92 Å². The molecule has 0 unspecified atom stereocenters. The summed E-state index contributed by atoms with van der Waals surface area (Å²) in [6, 6.07) is 4.82. The van der Waals surface area contributed by atoms with Crippen molar-refractivity contribution in [1.82, 2.24) is 4.72 Å². The molecule has 118 valence electrons. The van der Waals surface area contributed by atoms with Crippen molar-refractivity contribution in [3.63, 3.8) is 0 Å². The van der Waals surface area contributed by atoms with E-state index in [9.17, 15) is 13.5 Å². The van der Waals surface area contributed by atoms with Crippen molar-refractivity contribution in [2.24, 2.45) is 5.92 Å². The molecule has 4 nitrogen and oxygen atoms in total. The van der Waals surface area contributed by atoms with E-state index >= 15 is 0 Å². The van der Waals surface area contributed by atoms with Crippen LogP contribution in [0.4, 0.5) is 0 Å². The number of aryl methyl sites for hydroxylation is 1. The van der Waals surface area contributed by atoms with E-state index in [-0.39, 0.29) is 16.5 Å². The molecule has 1 aromatic rings. The average Bonchev–Trinajstić information content (AvgIpc) is 2.40. The van der Waals surface area contributed by atoms with Crippen molar-refractivity contribution in [1.29, 1.82) is 0 Å². The molecular formula is C15H22ClNO3S. The van der Waals surface area contributed by atoms with Gasteiger partial charge >= 0.3 is 0 Å². The van der Waals surface area contributed by atoms with E-state index < -0.39 is 15.6 Å². The number of aliphatic hydroxyl groups is 1. The Morgan fingerprint density at radius 2 is 2.00 bits per heavy atom. The zero-order valence-corrected chi connectivity index (χ0v) is 14.0. The summed E-state index contributed by atoms with van der Waals surface area (Å²) in [5.41, 5.74) is -0.0460. The molecule has 0 heterocycles. The van der Waals surface area contributed by atoms with E-state index in [0.29, 0.717) is 18.8 Å². The third kappa shape index (κ3) is 4.19. The minimum atomic E-state index is -3.70. The number of benzene rings is 1. The molecule has 1 aromatic carbocycles. The molecule has 0 radical (unpaired) electrons. The highest BCUT2D eigenvalue weighted by atomic mass is 35.5. The maximum Gasteiger partial charge on any atom is 0.242 e. The molecule has 0 saturated heterocycles. The van der Waals surface area contributed by atoms with E-state index in [4.69, 9.17) is 11.6 Å². The molecule has 1 saturated carbocycles. The van der Waals surface area contributed by atoms with Crippen LogP contribution in [0.2, 0.25) is 5.02 Å². The Bertz CT molecular complexity index is 607. The number of sulfonamides is 1. The number of hydrogen-bond donors (Lipinski definition) is 2. The summed E-state index contributed by atoms with van der Waals surface area (Å²) in [6.45, 7) is 4.03. The number of nitrogens with one attached hydrogen (secondary N) is 1. The van der Waals surface area contributed by atoms with Gasteiger partial charge in [-0.05, 0) is 56.2 Å². The molecule has 0 spiro atoms. The summed E-state index contributed by atoms with van der Waals surface area (Å²) in [5, 5.41) is 10.7. The van der Waals surface area contributed by atoms with Gasteiger partial charge in [0, 0.05) is 6.54 Å². The SMILES string of the molecule is Cc1ccc(S(=O)(=O)NCC2(O)CCC(C)CC2)c(Cl)c1. The summed E-state index contributed by atoms with van der Waals surface area (Å²) in [4.78, 5) is 0.0579. The Hall–Kier alpha value is -0.620. The third-order valence-corrected chi connectivity index (χ3v) is 6.06. The monoisotopic (exact) mass is 331 g/mol. The third-order valence-electron chi connectivity index (χ3n) is 4.17. The molecule has 1 fully saturated rings. The van der Waals surface area contributed by atoms with Gasteiger partial charge in [-0.25, -0.2) is 13.1 Å². The van der Waals surface area contributed by atoms with E-state index in [0.717, 1.165) is 18.4 Å². The van der Waals surface area contributed by atoms with Gasteiger partial charge < -0.3 is 5.11 Å². The van der Waals surface area contributed by atoms with Crippen LogP contribution in [-0.2, 0) is 10.0 Å². The fraction of sp³-hybridized carbons (Fsp3) is 0.600. The van der Waals surface area contributed by atoms with Crippen LogP contribution >= 0.6 is 11.6 Å². The van der Waals surface area contributed by atoms with Gasteiger partial charge in [-0.3, -0.25) is 0 Å². The van der Waals surface area contributed by atoms with Crippen LogP contribution in [0.3, 0.4) is 0 Å². The van der Waals surface area contributed by atoms with E-state index in [1.54, 1.807) is 12.1 Å². The molecule has 0 aliphatic heterocycles. The van der Waals surface area contributed by atoms with E-state index in [2.05, 4.69) is 11.6 Å². The van der Waals surface area contributed by atoms with Crippen LogP contribution in [0.1, 0.15) is 38.2 Å². The predicted molar refractivity (Wildman–Crippen MR) is 84.0 cm³/mol. The Labute approximate surface area is 131 Å². The Balaban J connectivity index is 2.08. The van der Waals surface area contributed by atoms with Crippen LogP contribution in [-0.4, -0.2) is 25.7 Å². The molecule has 6 heteroatoms. The highest BCUT2D eigenvalue weighted by Crippen LogP contribution is 2.32. The Kier molecular flexibility index (Phi) is 4.98. The lowest BCUT2D eigenvalue weighted by molar-refractivity contribution is -0.00182. The first kappa shape index (κ1) is 16.7. The van der Waals surface area contributed by atoms with Gasteiger partial charge in [-0.2, -0.15) is 0 Å². The first-order valence-electron chi connectivity index (χ1n) is 7.20. The number of hydrogen-bond acceptors (Lipinski definition) is 3. The average molecular weight is 332 g/mol. The Morgan fingerprint density at radius 3 is 2.57 bits per heavy atom. The molecule has 0 atom stereocenters. The first-order valence-corrected chi connectivity index (χ1v) is 9.06. The number of halogens is 1. The van der Waals surface area contributed by atoms with Crippen molar-refractivity contribution in [3.8, 4) is 0 Å². The van der Waals surface area contributed by atoms with Gasteiger partial charge in [0.25, 0.3) is 0 Å². The van der Waals surface area contributed by atoms with Crippen LogP contribution < -0.4 is 4.72 Å². The quantitative estimate of drug-likeness (QED) is 0.891. The maximum atomic E-state index is 12.3. The summed E-state index contributed by atoms with van der Waals surface area (Å²) in [7, 11) is -3.70. The van der Waals surface area contributed by atoms with Crippen molar-refractivity contribution >= 4 is 21.6 Å². The summed E-state index contributed by atoms with van der Waals surface area (Å²) < 4.78 is 27.1. The van der Waals surface area contributed by atoms with Gasteiger partial charge in [0.1, 0.15) is 4.90 Å². The van der Waals surface area contributed by atoms with Gasteiger partial charge in [0.2, 0.25) is 10.0 Å². The largest absolute Gasteiger partial charge is 0.389 e. The first-order chi connectivity index (χ1) is 9.72. The summed E-state index contributed by atoms with van der Waals surface area (Å²) >= 11 is 6.01. The zero-order chi connectivity index (χ0) is 15.7. The standard InChI is InChI=1S/C15H22ClNO3S/c1-11-5-7-15(18,8-6-11)10-17-21(19,20)14-4-3-12(2)9-13(14)16/h3-4,9,11,17-18H,5-8,10H2,1-2H3. The van der Waals surface area contributed by atoms with Crippen LogP contribution in [0.5, 0.6) is 0 Å². The van der Waals surface area contributed by atoms with Crippen molar-refractivity contribution in [2.75, 3.05) is 6.54 Å². The topological polar surface area (TPSA) is 66.4 Å². The second kappa shape index (κ2) is 6.24. The molecule has 21 heavy (non-hydrogen) atoms. The second-order valence-corrected chi connectivity index (χ2v) is 8.31. The summed E-state index contributed by atoms with van der Waals surface area (Å²) in [5.74, 6) is 0.591. The minimum absolute atomic E-state index is 0.0340. The van der Waals surface area contributed by atoms with Gasteiger partial charge in [0.05, 0.1) is 10.6 Å². The minimum Gasteiger partial charge on any atom is -0.389 e. The molecule has 0 bridgehead atoms. The van der Waals surface area contributed by atoms with Crippen LogP contribution in [0.15, 0.2) is 23.1 Å². The van der Waals surface area contributed by atoms with Crippen LogP contribution in [0.25, 0.3) is 0 Å². The second-order valence-electron chi connectivity index (χ2n) is 6.17. The lowest BCUT2D eigenvalue weighted by Gasteiger charge is -2.34. The summed E-state index contributed by atoms with van der Waals surface area (Å²) in [6.07, 6.45) is 3.09. The lowest BCUT2D eigenvalue weighted by atomic mass is 9.80. The molecule has 2 rings (SSSR count). The highest BCUT2D eigenvalue weighted by Gasteiger charge is 2.33. The number of rotatable bonds is 4. The fourth-order valence-corrected chi connectivity index (χ4v) is 4.32. The molecule has 0 aromatic heterocycles. The fourth-order valence-electron chi connectivity index (χ4n) is 2.61. The molecular weight excluding hydrogens is 310 g/mol. The van der Waals surface area contributed by atoms with E-state index in [1.165, 1.54) is 6.07 Å². The van der Waals surface area contributed by atoms with Crippen molar-refractivity contribution < 1.29 is 13.5 Å². The van der Waals surface area contributed by atoms with Crippen LogP contribution in [0, 0.1) is 12.8 Å². The van der Waals surface area contributed by atoms with Gasteiger partial charge in [0.15, 0.2) is 0 Å². The van der Waals surface area contributed by atoms with Crippen molar-refractivity contribution in [3.05, 3.63) is 28.8 Å². The normalized spacial score (nSPS) is 26.8. The Morgan fingerprint density at radius 1 is 1.38 bits per heavy atom. The highest BCUT2D eigenvalue weighted by molar-refractivity contribution is 7.89. The lowest BCUT2D eigenvalue weighted by Crippen LogP contribution is -2.45. The zero-order valence-electron chi connectivity index (χ0n) is 12.4. The molecule has 1 aliphatic carbocycles. The maximum absolute atomic E-state index is 12.3. The predicted octanol–water partition coefficient (Wildman–Crippen LogP) is 2.87. The molecule has 1 aliphatic rings. The molecule has 0 amide bonds. The molecule has 2 N–H and O–H groups in total. The van der Waals surface area contributed by atoms with Gasteiger partial charge in [-0.1, -0.05) is 24.6 Å². The van der Waals surface area contributed by atoms with Gasteiger partial charge in [-0.15, -0.1) is 0 Å². The van der Waals surface area contributed by atoms with Crippen molar-refractivity contribution in [2.45, 2.75) is 50.0 Å². The smallest absolute Gasteiger partial charge is 0.242 e.